The molecule has 6 heteroatoms. The smallest absolute Gasteiger partial charge is 0.171 e. The van der Waals surface area contributed by atoms with Crippen molar-refractivity contribution in [1.82, 2.24) is 9.78 Å². The van der Waals surface area contributed by atoms with Crippen LogP contribution < -0.4 is 11.1 Å². The number of nitrogens with one attached hydrogen (secondary N) is 1. The van der Waals surface area contributed by atoms with Gasteiger partial charge in [0, 0.05) is 37.3 Å². The highest BCUT2D eigenvalue weighted by molar-refractivity contribution is 7.18. The fourth-order valence-corrected chi connectivity index (χ4v) is 3.62. The van der Waals surface area contributed by atoms with Crippen molar-refractivity contribution in [2.24, 2.45) is 7.05 Å². The summed E-state index contributed by atoms with van der Waals surface area (Å²) >= 11 is 1.48. The second-order valence-corrected chi connectivity index (χ2v) is 6.67. The zero-order valence-corrected chi connectivity index (χ0v) is 13.4. The highest BCUT2D eigenvalue weighted by Crippen LogP contribution is 2.50. The zero-order chi connectivity index (χ0) is 15.1. The predicted octanol–water partition coefficient (Wildman–Crippen LogP) is 3.06. The molecular formula is C15H20N4OS. The van der Waals surface area contributed by atoms with E-state index in [1.807, 2.05) is 17.9 Å². The average molecular weight is 304 g/mol. The number of hydrogen-bond acceptors (Lipinski definition) is 5. The number of anilines is 2. The number of Topliss-reactive ketones (excluding diaryl/α,β-unsaturated/α-hetero) is 1. The lowest BCUT2D eigenvalue weighted by atomic mass is 10.1. The Hall–Kier alpha value is -1.82. The van der Waals surface area contributed by atoms with E-state index in [4.69, 9.17) is 5.73 Å². The van der Waals surface area contributed by atoms with E-state index in [2.05, 4.69) is 17.3 Å². The number of thiophene rings is 1. The van der Waals surface area contributed by atoms with Crippen molar-refractivity contribution < 1.29 is 4.79 Å². The molecule has 21 heavy (non-hydrogen) atoms. The first-order chi connectivity index (χ1) is 9.99. The molecule has 0 amide bonds. The average Bonchev–Trinajstić information content (AvgIpc) is 3.15. The molecule has 3 N–H and O–H groups in total. The molecule has 0 saturated heterocycles. The number of aromatic nitrogens is 2. The van der Waals surface area contributed by atoms with E-state index < -0.39 is 0 Å². The van der Waals surface area contributed by atoms with Crippen LogP contribution in [0.25, 0.3) is 0 Å². The Labute approximate surface area is 128 Å². The molecule has 0 aromatic carbocycles. The molecular weight excluding hydrogens is 284 g/mol. The summed E-state index contributed by atoms with van der Waals surface area (Å²) in [6.07, 6.45) is 4.21. The van der Waals surface area contributed by atoms with Crippen molar-refractivity contribution in [2.75, 3.05) is 11.1 Å². The molecule has 0 atom stereocenters. The minimum atomic E-state index is 0.0463. The molecule has 2 aromatic rings. The Morgan fingerprint density at radius 3 is 2.81 bits per heavy atom. The number of nitrogens with two attached hydrogens (primary N) is 1. The molecule has 2 aromatic heterocycles. The maximum absolute atomic E-state index is 11.7. The fourth-order valence-electron chi connectivity index (χ4n) is 2.52. The van der Waals surface area contributed by atoms with Gasteiger partial charge >= 0.3 is 0 Å². The SMILES string of the molecule is CC(=O)c1sc(NCc2cnn(C)c2C)c(C2CC2)c1N. The second kappa shape index (κ2) is 5.18. The summed E-state index contributed by atoms with van der Waals surface area (Å²) in [7, 11) is 1.94. The van der Waals surface area contributed by atoms with Crippen LogP contribution >= 0.6 is 11.3 Å². The first-order valence-corrected chi connectivity index (χ1v) is 7.95. The number of nitrogen functional groups attached to an aromatic ring is 1. The third-order valence-electron chi connectivity index (χ3n) is 4.07. The number of ketones is 1. The van der Waals surface area contributed by atoms with Gasteiger partial charge in [-0.05, 0) is 25.7 Å². The van der Waals surface area contributed by atoms with E-state index in [1.165, 1.54) is 24.2 Å². The highest BCUT2D eigenvalue weighted by Gasteiger charge is 2.32. The number of rotatable bonds is 5. The van der Waals surface area contributed by atoms with Crippen LogP contribution in [-0.2, 0) is 13.6 Å². The van der Waals surface area contributed by atoms with Gasteiger partial charge in [0.25, 0.3) is 0 Å². The molecule has 112 valence electrons. The minimum Gasteiger partial charge on any atom is -0.397 e. The van der Waals surface area contributed by atoms with Crippen LogP contribution in [0.15, 0.2) is 6.20 Å². The van der Waals surface area contributed by atoms with Gasteiger partial charge in [-0.15, -0.1) is 11.3 Å². The van der Waals surface area contributed by atoms with E-state index in [0.717, 1.165) is 21.8 Å². The van der Waals surface area contributed by atoms with Crippen molar-refractivity contribution in [3.63, 3.8) is 0 Å². The molecule has 3 rings (SSSR count). The highest BCUT2D eigenvalue weighted by atomic mass is 32.1. The van der Waals surface area contributed by atoms with Crippen molar-refractivity contribution in [3.8, 4) is 0 Å². The number of aryl methyl sites for hydroxylation is 1. The Morgan fingerprint density at radius 2 is 2.29 bits per heavy atom. The summed E-state index contributed by atoms with van der Waals surface area (Å²) in [5, 5.41) is 8.75. The van der Waals surface area contributed by atoms with E-state index in [9.17, 15) is 4.79 Å². The fraction of sp³-hybridized carbons (Fsp3) is 0.467. The number of hydrogen-bond donors (Lipinski definition) is 2. The maximum atomic E-state index is 11.7. The molecule has 1 aliphatic rings. The van der Waals surface area contributed by atoms with Gasteiger partial charge in [0.05, 0.1) is 21.8 Å². The van der Waals surface area contributed by atoms with Gasteiger partial charge in [-0.25, -0.2) is 0 Å². The summed E-state index contributed by atoms with van der Waals surface area (Å²) in [5.74, 6) is 0.567. The topological polar surface area (TPSA) is 72.9 Å². The molecule has 0 aliphatic heterocycles. The quantitative estimate of drug-likeness (QED) is 0.833. The number of nitrogens with zero attached hydrogens (tertiary/aromatic N) is 2. The molecule has 2 heterocycles. The Kier molecular flexibility index (Phi) is 3.49. The van der Waals surface area contributed by atoms with Gasteiger partial charge in [-0.1, -0.05) is 0 Å². The van der Waals surface area contributed by atoms with Crippen LogP contribution in [0, 0.1) is 6.92 Å². The van der Waals surface area contributed by atoms with Crippen LogP contribution in [0.4, 0.5) is 10.7 Å². The Morgan fingerprint density at radius 1 is 1.57 bits per heavy atom. The first kappa shape index (κ1) is 14.1. The largest absolute Gasteiger partial charge is 0.397 e. The monoisotopic (exact) mass is 304 g/mol. The van der Waals surface area contributed by atoms with Gasteiger partial charge in [0.2, 0.25) is 0 Å². The number of carbonyl (C=O) groups is 1. The predicted molar refractivity (Wildman–Crippen MR) is 86.0 cm³/mol. The van der Waals surface area contributed by atoms with Gasteiger partial charge in [0.1, 0.15) is 0 Å². The van der Waals surface area contributed by atoms with Crippen LogP contribution in [0.2, 0.25) is 0 Å². The first-order valence-electron chi connectivity index (χ1n) is 7.13. The molecule has 1 aliphatic carbocycles. The maximum Gasteiger partial charge on any atom is 0.171 e. The summed E-state index contributed by atoms with van der Waals surface area (Å²) in [5.41, 5.74) is 10.3. The van der Waals surface area contributed by atoms with Crippen LogP contribution in [-0.4, -0.2) is 15.6 Å². The van der Waals surface area contributed by atoms with E-state index in [1.54, 1.807) is 6.92 Å². The molecule has 0 bridgehead atoms. The van der Waals surface area contributed by atoms with Gasteiger partial charge < -0.3 is 11.1 Å². The Balaban J connectivity index is 1.86. The molecule has 5 nitrogen and oxygen atoms in total. The summed E-state index contributed by atoms with van der Waals surface area (Å²) in [6.45, 7) is 4.33. The van der Waals surface area contributed by atoms with Crippen LogP contribution in [0.3, 0.4) is 0 Å². The molecule has 0 unspecified atom stereocenters. The van der Waals surface area contributed by atoms with Gasteiger partial charge in [-0.2, -0.15) is 5.10 Å². The van der Waals surface area contributed by atoms with E-state index in [-0.39, 0.29) is 5.78 Å². The molecule has 0 radical (unpaired) electrons. The molecule has 1 saturated carbocycles. The van der Waals surface area contributed by atoms with Crippen molar-refractivity contribution in [1.29, 1.82) is 0 Å². The lowest BCUT2D eigenvalue weighted by molar-refractivity contribution is 0.102. The lowest BCUT2D eigenvalue weighted by Crippen LogP contribution is -2.02. The third-order valence-corrected chi connectivity index (χ3v) is 5.35. The van der Waals surface area contributed by atoms with Crippen molar-refractivity contribution in [3.05, 3.63) is 27.9 Å². The van der Waals surface area contributed by atoms with Crippen molar-refractivity contribution in [2.45, 2.75) is 39.2 Å². The molecule has 0 spiro atoms. The van der Waals surface area contributed by atoms with E-state index in [0.29, 0.717) is 23.0 Å². The lowest BCUT2D eigenvalue weighted by Gasteiger charge is -2.07. The summed E-state index contributed by atoms with van der Waals surface area (Å²) in [4.78, 5) is 12.4. The van der Waals surface area contributed by atoms with Crippen LogP contribution in [0.1, 0.15) is 52.2 Å². The Bertz CT molecular complexity index is 697. The molecule has 1 fully saturated rings. The van der Waals surface area contributed by atoms with Gasteiger partial charge in [-0.3, -0.25) is 9.48 Å². The zero-order valence-electron chi connectivity index (χ0n) is 12.6. The second-order valence-electron chi connectivity index (χ2n) is 5.65. The summed E-state index contributed by atoms with van der Waals surface area (Å²) < 4.78 is 1.86. The summed E-state index contributed by atoms with van der Waals surface area (Å²) in [6, 6.07) is 0. The van der Waals surface area contributed by atoms with E-state index >= 15 is 0 Å². The van der Waals surface area contributed by atoms with Crippen molar-refractivity contribution >= 4 is 27.8 Å². The normalized spacial score (nSPS) is 14.4. The third kappa shape index (κ3) is 2.55. The minimum absolute atomic E-state index is 0.0463. The van der Waals surface area contributed by atoms with Gasteiger partial charge in [0.15, 0.2) is 5.78 Å². The standard InChI is InChI=1S/C15H20N4OS/c1-8-11(7-18-19(8)3)6-17-15-12(10-4-5-10)13(16)14(21-15)9(2)20/h7,10,17H,4-6,16H2,1-3H3. The van der Waals surface area contributed by atoms with Crippen LogP contribution in [0.5, 0.6) is 0 Å². The number of carbonyl (C=O) groups excluding carboxylic acids is 1.